The number of ether oxygens (including phenoxy) is 1. The van der Waals surface area contributed by atoms with Gasteiger partial charge in [-0.2, -0.15) is 0 Å². The SMILES string of the molecule is CCC1CCC(c2ccc(-c3ccc(C4CO4)c(Cl)c3F)cc2)CC1. The van der Waals surface area contributed by atoms with E-state index in [1.54, 1.807) is 0 Å². The Bertz CT molecular complexity index is 743. The van der Waals surface area contributed by atoms with Crippen LogP contribution in [0.15, 0.2) is 36.4 Å². The van der Waals surface area contributed by atoms with Crippen LogP contribution in [0.5, 0.6) is 0 Å². The maximum Gasteiger partial charge on any atom is 0.149 e. The van der Waals surface area contributed by atoms with Gasteiger partial charge in [0.05, 0.1) is 11.6 Å². The minimum atomic E-state index is -0.342. The fourth-order valence-electron chi connectivity index (χ4n) is 4.10. The molecule has 0 amide bonds. The second kappa shape index (κ2) is 7.09. The molecule has 1 aliphatic heterocycles. The first-order chi connectivity index (χ1) is 12.2. The maximum atomic E-state index is 14.7. The molecule has 0 N–H and O–H groups in total. The highest BCUT2D eigenvalue weighted by atomic mass is 35.5. The number of hydrogen-bond acceptors (Lipinski definition) is 1. The highest BCUT2D eigenvalue weighted by Gasteiger charge is 2.29. The third-order valence-electron chi connectivity index (χ3n) is 5.91. The molecule has 1 saturated carbocycles. The normalized spacial score (nSPS) is 25.8. The predicted octanol–water partition coefficient (Wildman–Crippen LogP) is 6.90. The smallest absolute Gasteiger partial charge is 0.149 e. The standard InChI is InChI=1S/C22H24ClFO/c1-2-14-3-5-15(6-4-14)16-7-9-17(10-8-16)18-11-12-19(20-13-25-20)21(23)22(18)24/h7-12,14-15,20H,2-6,13H2,1H3. The molecule has 0 bridgehead atoms. The van der Waals surface area contributed by atoms with Gasteiger partial charge in [0, 0.05) is 11.1 Å². The van der Waals surface area contributed by atoms with E-state index < -0.39 is 0 Å². The van der Waals surface area contributed by atoms with Gasteiger partial charge < -0.3 is 4.74 Å². The summed E-state index contributed by atoms with van der Waals surface area (Å²) in [6.07, 6.45) is 6.47. The molecule has 1 unspecified atom stereocenters. The molecule has 132 valence electrons. The van der Waals surface area contributed by atoms with Gasteiger partial charge >= 0.3 is 0 Å². The van der Waals surface area contributed by atoms with Gasteiger partial charge in [0.25, 0.3) is 0 Å². The molecule has 2 aliphatic rings. The van der Waals surface area contributed by atoms with E-state index in [2.05, 4.69) is 19.1 Å². The van der Waals surface area contributed by atoms with Crippen molar-refractivity contribution in [2.75, 3.05) is 6.61 Å². The minimum absolute atomic E-state index is 0.0309. The number of benzene rings is 2. The van der Waals surface area contributed by atoms with Crippen molar-refractivity contribution in [3.63, 3.8) is 0 Å². The van der Waals surface area contributed by atoms with E-state index in [0.29, 0.717) is 18.1 Å². The van der Waals surface area contributed by atoms with Crippen LogP contribution in [0.1, 0.15) is 62.2 Å². The van der Waals surface area contributed by atoms with Crippen molar-refractivity contribution in [3.05, 3.63) is 58.4 Å². The Hall–Kier alpha value is -1.38. The van der Waals surface area contributed by atoms with E-state index in [9.17, 15) is 4.39 Å². The lowest BCUT2D eigenvalue weighted by atomic mass is 9.77. The lowest BCUT2D eigenvalue weighted by Gasteiger charge is -2.28. The van der Waals surface area contributed by atoms with Gasteiger partial charge in [-0.3, -0.25) is 0 Å². The van der Waals surface area contributed by atoms with E-state index in [1.807, 2.05) is 24.3 Å². The quantitative estimate of drug-likeness (QED) is 0.541. The second-order valence-corrected chi connectivity index (χ2v) is 7.78. The maximum absolute atomic E-state index is 14.7. The van der Waals surface area contributed by atoms with Gasteiger partial charge in [0.15, 0.2) is 0 Å². The van der Waals surface area contributed by atoms with Crippen molar-refractivity contribution in [1.29, 1.82) is 0 Å². The molecule has 2 fully saturated rings. The van der Waals surface area contributed by atoms with Gasteiger partial charge in [0.1, 0.15) is 11.9 Å². The van der Waals surface area contributed by atoms with Crippen LogP contribution in [-0.4, -0.2) is 6.61 Å². The Morgan fingerprint density at radius 2 is 1.72 bits per heavy atom. The fourth-order valence-corrected chi connectivity index (χ4v) is 4.39. The van der Waals surface area contributed by atoms with Crippen LogP contribution in [0.2, 0.25) is 5.02 Å². The molecule has 0 aromatic heterocycles. The average Bonchev–Trinajstić information content (AvgIpc) is 3.49. The minimum Gasteiger partial charge on any atom is -0.368 e. The summed E-state index contributed by atoms with van der Waals surface area (Å²) in [5.41, 5.74) is 3.59. The van der Waals surface area contributed by atoms with Crippen molar-refractivity contribution in [2.45, 2.75) is 51.0 Å². The van der Waals surface area contributed by atoms with Gasteiger partial charge in [0.2, 0.25) is 0 Å². The summed E-state index contributed by atoms with van der Waals surface area (Å²) in [5, 5.41) is 0.196. The summed E-state index contributed by atoms with van der Waals surface area (Å²) in [6, 6.07) is 12.1. The van der Waals surface area contributed by atoms with Crippen LogP contribution in [0.25, 0.3) is 11.1 Å². The molecule has 25 heavy (non-hydrogen) atoms. The van der Waals surface area contributed by atoms with E-state index in [1.165, 1.54) is 37.7 Å². The molecule has 0 radical (unpaired) electrons. The number of hydrogen-bond donors (Lipinski definition) is 0. The topological polar surface area (TPSA) is 12.5 Å². The molecule has 1 atom stereocenters. The van der Waals surface area contributed by atoms with Gasteiger partial charge in [-0.05, 0) is 48.6 Å². The summed E-state index contributed by atoms with van der Waals surface area (Å²) in [6.45, 7) is 2.92. The Labute approximate surface area is 154 Å². The van der Waals surface area contributed by atoms with E-state index in [4.69, 9.17) is 16.3 Å². The predicted molar refractivity (Wildman–Crippen MR) is 101 cm³/mol. The van der Waals surface area contributed by atoms with Crippen molar-refractivity contribution >= 4 is 11.6 Å². The Kier molecular flexibility index (Phi) is 4.84. The molecule has 4 rings (SSSR count). The van der Waals surface area contributed by atoms with Crippen molar-refractivity contribution in [2.24, 2.45) is 5.92 Å². The molecule has 1 aliphatic carbocycles. The van der Waals surface area contributed by atoms with Crippen LogP contribution < -0.4 is 0 Å². The van der Waals surface area contributed by atoms with Crippen LogP contribution in [-0.2, 0) is 4.74 Å². The van der Waals surface area contributed by atoms with Crippen LogP contribution in [0.4, 0.5) is 4.39 Å². The fraction of sp³-hybridized carbons (Fsp3) is 0.455. The third kappa shape index (κ3) is 3.47. The summed E-state index contributed by atoms with van der Waals surface area (Å²) in [7, 11) is 0. The molecule has 2 aromatic rings. The van der Waals surface area contributed by atoms with E-state index in [0.717, 1.165) is 17.0 Å². The van der Waals surface area contributed by atoms with Crippen LogP contribution in [0.3, 0.4) is 0 Å². The summed E-state index contributed by atoms with van der Waals surface area (Å²) >= 11 is 6.21. The average molecular weight is 359 g/mol. The summed E-state index contributed by atoms with van der Waals surface area (Å²) in [5.74, 6) is 1.21. The largest absolute Gasteiger partial charge is 0.368 e. The summed E-state index contributed by atoms with van der Waals surface area (Å²) < 4.78 is 19.9. The first kappa shape index (κ1) is 17.1. The zero-order chi connectivity index (χ0) is 17.4. The van der Waals surface area contributed by atoms with Gasteiger partial charge in [-0.25, -0.2) is 4.39 Å². The van der Waals surface area contributed by atoms with Crippen molar-refractivity contribution in [1.82, 2.24) is 0 Å². The highest BCUT2D eigenvalue weighted by molar-refractivity contribution is 6.32. The van der Waals surface area contributed by atoms with E-state index in [-0.39, 0.29) is 16.9 Å². The molecule has 1 nitrogen and oxygen atoms in total. The lowest BCUT2D eigenvalue weighted by Crippen LogP contribution is -2.12. The number of rotatable bonds is 4. The van der Waals surface area contributed by atoms with Crippen LogP contribution in [0, 0.1) is 11.7 Å². The second-order valence-electron chi connectivity index (χ2n) is 7.40. The Morgan fingerprint density at radius 3 is 2.32 bits per heavy atom. The number of halogens is 2. The molecular weight excluding hydrogens is 335 g/mol. The highest BCUT2D eigenvalue weighted by Crippen LogP contribution is 2.40. The molecule has 2 aromatic carbocycles. The molecular formula is C22H24ClFO. The first-order valence-corrected chi connectivity index (χ1v) is 9.75. The molecule has 1 saturated heterocycles. The molecule has 0 spiro atoms. The Morgan fingerprint density at radius 1 is 1.04 bits per heavy atom. The lowest BCUT2D eigenvalue weighted by molar-refractivity contribution is 0.319. The molecule has 1 heterocycles. The van der Waals surface area contributed by atoms with Crippen molar-refractivity contribution < 1.29 is 9.13 Å². The van der Waals surface area contributed by atoms with Crippen molar-refractivity contribution in [3.8, 4) is 11.1 Å². The third-order valence-corrected chi connectivity index (χ3v) is 6.29. The Balaban J connectivity index is 1.53. The van der Waals surface area contributed by atoms with Gasteiger partial charge in [-0.1, -0.05) is 61.3 Å². The zero-order valence-corrected chi connectivity index (χ0v) is 15.4. The van der Waals surface area contributed by atoms with E-state index >= 15 is 0 Å². The number of epoxide rings is 1. The van der Waals surface area contributed by atoms with Crippen LogP contribution >= 0.6 is 11.6 Å². The molecule has 3 heteroatoms. The zero-order valence-electron chi connectivity index (χ0n) is 14.6. The monoisotopic (exact) mass is 358 g/mol. The first-order valence-electron chi connectivity index (χ1n) is 9.37. The summed E-state index contributed by atoms with van der Waals surface area (Å²) in [4.78, 5) is 0. The van der Waals surface area contributed by atoms with Gasteiger partial charge in [-0.15, -0.1) is 0 Å².